The van der Waals surface area contributed by atoms with Gasteiger partial charge in [-0.3, -0.25) is 0 Å². The number of hydrogen-bond acceptors (Lipinski definition) is 3. The first-order valence-corrected chi connectivity index (χ1v) is 7.44. The number of hydrogen-bond donors (Lipinski definition) is 1. The van der Waals surface area contributed by atoms with Crippen LogP contribution in [-0.2, 0) is 6.54 Å². The Kier molecular flexibility index (Phi) is 6.18. The van der Waals surface area contributed by atoms with E-state index in [0.29, 0.717) is 35.6 Å². The zero-order valence-corrected chi connectivity index (χ0v) is 13.0. The molecule has 0 heterocycles. The van der Waals surface area contributed by atoms with Gasteiger partial charge in [0.15, 0.2) is 0 Å². The highest BCUT2D eigenvalue weighted by Crippen LogP contribution is 2.27. The molecule has 2 aromatic rings. The molecule has 0 spiro atoms. The molecule has 0 saturated carbocycles. The lowest BCUT2D eigenvalue weighted by Gasteiger charge is -2.09. The third kappa shape index (κ3) is 5.12. The van der Waals surface area contributed by atoms with Crippen LogP contribution in [0.2, 0.25) is 10.0 Å². The maximum absolute atomic E-state index is 6.02. The topological polar surface area (TPSA) is 44.5 Å². The van der Waals surface area contributed by atoms with E-state index in [1.165, 1.54) is 0 Å². The van der Waals surface area contributed by atoms with Gasteiger partial charge in [-0.05, 0) is 35.9 Å². The predicted molar refractivity (Wildman–Crippen MR) is 86.4 cm³/mol. The maximum Gasteiger partial charge on any atom is 0.137 e. The third-order valence-electron chi connectivity index (χ3n) is 2.87. The van der Waals surface area contributed by atoms with Gasteiger partial charge < -0.3 is 15.2 Å². The molecule has 0 fully saturated rings. The number of rotatable bonds is 7. The SMILES string of the molecule is NCc1ccc(OCCCOc2ccc(Cl)cc2Cl)cc1. The van der Waals surface area contributed by atoms with Gasteiger partial charge in [-0.2, -0.15) is 0 Å². The highest BCUT2D eigenvalue weighted by molar-refractivity contribution is 6.35. The molecule has 0 atom stereocenters. The van der Waals surface area contributed by atoms with Crippen LogP contribution in [0.4, 0.5) is 0 Å². The Morgan fingerprint density at radius 1 is 0.905 bits per heavy atom. The van der Waals surface area contributed by atoms with Gasteiger partial charge >= 0.3 is 0 Å². The summed E-state index contributed by atoms with van der Waals surface area (Å²) in [4.78, 5) is 0. The molecule has 0 saturated heterocycles. The average molecular weight is 326 g/mol. The van der Waals surface area contributed by atoms with Crippen molar-refractivity contribution < 1.29 is 9.47 Å². The summed E-state index contributed by atoms with van der Waals surface area (Å²) in [5.41, 5.74) is 6.63. The molecule has 21 heavy (non-hydrogen) atoms. The Labute approximate surface area is 134 Å². The van der Waals surface area contributed by atoms with Crippen LogP contribution in [0, 0.1) is 0 Å². The largest absolute Gasteiger partial charge is 0.493 e. The van der Waals surface area contributed by atoms with E-state index < -0.39 is 0 Å². The zero-order chi connectivity index (χ0) is 15.1. The monoisotopic (exact) mass is 325 g/mol. The van der Waals surface area contributed by atoms with Crippen LogP contribution in [0.15, 0.2) is 42.5 Å². The first-order valence-electron chi connectivity index (χ1n) is 6.68. The lowest BCUT2D eigenvalue weighted by Crippen LogP contribution is -2.05. The van der Waals surface area contributed by atoms with Gasteiger partial charge in [-0.1, -0.05) is 35.3 Å². The Hall–Kier alpha value is -1.42. The van der Waals surface area contributed by atoms with E-state index in [4.69, 9.17) is 38.4 Å². The first kappa shape index (κ1) is 16.0. The second kappa shape index (κ2) is 8.13. The lowest BCUT2D eigenvalue weighted by atomic mass is 10.2. The van der Waals surface area contributed by atoms with E-state index >= 15 is 0 Å². The molecular formula is C16H17Cl2NO2. The van der Waals surface area contributed by atoms with E-state index in [9.17, 15) is 0 Å². The van der Waals surface area contributed by atoms with Crippen molar-refractivity contribution in [1.29, 1.82) is 0 Å². The molecule has 5 heteroatoms. The fourth-order valence-electron chi connectivity index (χ4n) is 1.75. The molecule has 2 rings (SSSR count). The fourth-order valence-corrected chi connectivity index (χ4v) is 2.21. The van der Waals surface area contributed by atoms with Crippen LogP contribution in [0.25, 0.3) is 0 Å². The highest BCUT2D eigenvalue weighted by atomic mass is 35.5. The van der Waals surface area contributed by atoms with Crippen LogP contribution in [0.5, 0.6) is 11.5 Å². The molecule has 2 aromatic carbocycles. The second-order valence-corrected chi connectivity index (χ2v) is 5.32. The minimum absolute atomic E-state index is 0.515. The van der Waals surface area contributed by atoms with Crippen molar-refractivity contribution >= 4 is 23.2 Å². The normalized spacial score (nSPS) is 10.4. The van der Waals surface area contributed by atoms with Gasteiger partial charge in [0, 0.05) is 18.0 Å². The molecule has 0 aliphatic rings. The molecule has 0 aliphatic carbocycles. The van der Waals surface area contributed by atoms with Crippen molar-refractivity contribution in [2.45, 2.75) is 13.0 Å². The lowest BCUT2D eigenvalue weighted by molar-refractivity contribution is 0.247. The van der Waals surface area contributed by atoms with Crippen molar-refractivity contribution in [3.63, 3.8) is 0 Å². The van der Waals surface area contributed by atoms with Crippen LogP contribution < -0.4 is 15.2 Å². The smallest absolute Gasteiger partial charge is 0.137 e. The van der Waals surface area contributed by atoms with Crippen molar-refractivity contribution in [1.82, 2.24) is 0 Å². The molecule has 112 valence electrons. The van der Waals surface area contributed by atoms with Gasteiger partial charge in [0.05, 0.1) is 18.2 Å². The van der Waals surface area contributed by atoms with Crippen molar-refractivity contribution in [2.24, 2.45) is 5.73 Å². The first-order chi connectivity index (χ1) is 10.2. The fraction of sp³-hybridized carbons (Fsp3) is 0.250. The molecule has 0 aliphatic heterocycles. The maximum atomic E-state index is 6.02. The minimum atomic E-state index is 0.515. The van der Waals surface area contributed by atoms with Gasteiger partial charge in [-0.15, -0.1) is 0 Å². The van der Waals surface area contributed by atoms with Gasteiger partial charge in [0.2, 0.25) is 0 Å². The molecular weight excluding hydrogens is 309 g/mol. The number of ether oxygens (including phenoxy) is 2. The standard InChI is InChI=1S/C16H17Cl2NO2/c17-13-4-7-16(15(18)10-13)21-9-1-8-20-14-5-2-12(11-19)3-6-14/h2-7,10H,1,8-9,11,19H2. The van der Waals surface area contributed by atoms with Gasteiger partial charge in [0.25, 0.3) is 0 Å². The van der Waals surface area contributed by atoms with E-state index in [0.717, 1.165) is 17.7 Å². The Bertz CT molecular complexity index is 573. The molecule has 0 bridgehead atoms. The predicted octanol–water partition coefficient (Wildman–Crippen LogP) is 4.30. The molecule has 3 nitrogen and oxygen atoms in total. The van der Waals surface area contributed by atoms with E-state index in [-0.39, 0.29) is 0 Å². The van der Waals surface area contributed by atoms with Gasteiger partial charge in [-0.25, -0.2) is 0 Å². The van der Waals surface area contributed by atoms with Crippen LogP contribution in [0.3, 0.4) is 0 Å². The summed E-state index contributed by atoms with van der Waals surface area (Å²) in [5.74, 6) is 1.46. The summed E-state index contributed by atoms with van der Waals surface area (Å²) in [6, 6.07) is 12.9. The quantitative estimate of drug-likeness (QED) is 0.772. The van der Waals surface area contributed by atoms with Crippen molar-refractivity contribution in [2.75, 3.05) is 13.2 Å². The van der Waals surface area contributed by atoms with E-state index in [2.05, 4.69) is 0 Å². The Morgan fingerprint density at radius 2 is 1.62 bits per heavy atom. The van der Waals surface area contributed by atoms with Crippen LogP contribution in [0.1, 0.15) is 12.0 Å². The Balaban J connectivity index is 1.69. The third-order valence-corrected chi connectivity index (χ3v) is 3.40. The summed E-state index contributed by atoms with van der Waals surface area (Å²) in [5, 5.41) is 1.11. The Morgan fingerprint density at radius 3 is 2.29 bits per heavy atom. The summed E-state index contributed by atoms with van der Waals surface area (Å²) < 4.78 is 11.2. The summed E-state index contributed by atoms with van der Waals surface area (Å²) in [6.45, 7) is 1.64. The summed E-state index contributed by atoms with van der Waals surface area (Å²) in [6.07, 6.45) is 0.762. The molecule has 0 radical (unpaired) electrons. The summed E-state index contributed by atoms with van der Waals surface area (Å²) >= 11 is 11.8. The van der Waals surface area contributed by atoms with Crippen molar-refractivity contribution in [3.05, 3.63) is 58.1 Å². The van der Waals surface area contributed by atoms with Crippen LogP contribution in [-0.4, -0.2) is 13.2 Å². The minimum Gasteiger partial charge on any atom is -0.493 e. The zero-order valence-electron chi connectivity index (χ0n) is 11.5. The number of benzene rings is 2. The van der Waals surface area contributed by atoms with Gasteiger partial charge in [0.1, 0.15) is 11.5 Å². The molecule has 0 unspecified atom stereocenters. The highest BCUT2D eigenvalue weighted by Gasteiger charge is 2.02. The van der Waals surface area contributed by atoms with Crippen LogP contribution >= 0.6 is 23.2 Å². The van der Waals surface area contributed by atoms with Crippen molar-refractivity contribution in [3.8, 4) is 11.5 Å². The molecule has 0 aromatic heterocycles. The number of halogens is 2. The van der Waals surface area contributed by atoms with E-state index in [1.54, 1.807) is 18.2 Å². The summed E-state index contributed by atoms with van der Waals surface area (Å²) in [7, 11) is 0. The average Bonchev–Trinajstić information content (AvgIpc) is 2.49. The molecule has 0 amide bonds. The second-order valence-electron chi connectivity index (χ2n) is 4.47. The van der Waals surface area contributed by atoms with E-state index in [1.807, 2.05) is 24.3 Å². The molecule has 2 N–H and O–H groups in total. The number of nitrogens with two attached hydrogens (primary N) is 1.